The Morgan fingerprint density at radius 1 is 1.25 bits per heavy atom. The van der Waals surface area contributed by atoms with Gasteiger partial charge in [-0.2, -0.15) is 5.48 Å². The van der Waals surface area contributed by atoms with Gasteiger partial charge in [0.2, 0.25) is 0 Å². The summed E-state index contributed by atoms with van der Waals surface area (Å²) in [5.41, 5.74) is 8.87. The van der Waals surface area contributed by atoms with Crippen molar-refractivity contribution < 1.29 is 4.84 Å². The predicted octanol–water partition coefficient (Wildman–Crippen LogP) is 1.19. The highest BCUT2D eigenvalue weighted by molar-refractivity contribution is 4.76. The van der Waals surface area contributed by atoms with Crippen LogP contribution in [0.25, 0.3) is 0 Å². The van der Waals surface area contributed by atoms with E-state index < -0.39 is 0 Å². The van der Waals surface area contributed by atoms with Gasteiger partial charge in [0.1, 0.15) is 0 Å². The number of hydrogen-bond donors (Lipinski definition) is 2. The van der Waals surface area contributed by atoms with E-state index in [1.165, 1.54) is 0 Å². The highest BCUT2D eigenvalue weighted by Gasteiger charge is 2.18. The first-order chi connectivity index (χ1) is 5.68. The molecule has 1 fully saturated rings. The van der Waals surface area contributed by atoms with E-state index >= 15 is 0 Å². The van der Waals surface area contributed by atoms with Gasteiger partial charge in [-0.05, 0) is 39.5 Å². The summed E-state index contributed by atoms with van der Waals surface area (Å²) < 4.78 is 0. The summed E-state index contributed by atoms with van der Waals surface area (Å²) in [7, 11) is 0. The topological polar surface area (TPSA) is 47.3 Å². The SMILES string of the molecule is CC(C)ONC1CCC(N)CC1. The third-order valence-electron chi connectivity index (χ3n) is 2.24. The number of nitrogens with one attached hydrogen (secondary N) is 1. The van der Waals surface area contributed by atoms with Gasteiger partial charge in [0, 0.05) is 12.1 Å². The minimum Gasteiger partial charge on any atom is -0.328 e. The number of hydroxylamine groups is 1. The summed E-state index contributed by atoms with van der Waals surface area (Å²) in [4.78, 5) is 5.33. The van der Waals surface area contributed by atoms with Gasteiger partial charge in [0.25, 0.3) is 0 Å². The molecule has 0 aromatic heterocycles. The number of hydrogen-bond acceptors (Lipinski definition) is 3. The number of rotatable bonds is 3. The predicted molar refractivity (Wildman–Crippen MR) is 49.6 cm³/mol. The van der Waals surface area contributed by atoms with Crippen molar-refractivity contribution in [1.82, 2.24) is 5.48 Å². The first-order valence-corrected chi connectivity index (χ1v) is 4.85. The summed E-state index contributed by atoms with van der Waals surface area (Å²) in [5.74, 6) is 0. The van der Waals surface area contributed by atoms with Crippen LogP contribution in [0.2, 0.25) is 0 Å². The van der Waals surface area contributed by atoms with Gasteiger partial charge in [-0.15, -0.1) is 0 Å². The van der Waals surface area contributed by atoms with Crippen molar-refractivity contribution in [3.8, 4) is 0 Å². The molecule has 1 aliphatic rings. The smallest absolute Gasteiger partial charge is 0.0734 e. The van der Waals surface area contributed by atoms with Gasteiger partial charge in [0.15, 0.2) is 0 Å². The summed E-state index contributed by atoms with van der Waals surface area (Å²) in [6, 6.07) is 0.939. The molecule has 1 rings (SSSR count). The Labute approximate surface area is 74.6 Å². The standard InChI is InChI=1S/C9H20N2O/c1-7(2)12-11-9-5-3-8(10)4-6-9/h7-9,11H,3-6,10H2,1-2H3. The van der Waals surface area contributed by atoms with Crippen molar-refractivity contribution in [2.45, 2.75) is 57.7 Å². The molecular formula is C9H20N2O. The maximum Gasteiger partial charge on any atom is 0.0734 e. The van der Waals surface area contributed by atoms with Crippen LogP contribution in [-0.2, 0) is 4.84 Å². The lowest BCUT2D eigenvalue weighted by atomic mass is 9.92. The van der Waals surface area contributed by atoms with Crippen LogP contribution in [0.1, 0.15) is 39.5 Å². The van der Waals surface area contributed by atoms with Gasteiger partial charge >= 0.3 is 0 Å². The van der Waals surface area contributed by atoms with Crippen LogP contribution in [0.4, 0.5) is 0 Å². The van der Waals surface area contributed by atoms with E-state index in [1.54, 1.807) is 0 Å². The molecule has 0 aromatic carbocycles. The normalized spacial score (nSPS) is 31.0. The second-order valence-corrected chi connectivity index (χ2v) is 3.90. The van der Waals surface area contributed by atoms with E-state index in [2.05, 4.69) is 5.48 Å². The molecule has 0 aliphatic heterocycles. The lowest BCUT2D eigenvalue weighted by molar-refractivity contribution is -0.0332. The average Bonchev–Trinajstić information content (AvgIpc) is 2.03. The summed E-state index contributed by atoms with van der Waals surface area (Å²) in [6.07, 6.45) is 4.81. The van der Waals surface area contributed by atoms with Crippen molar-refractivity contribution in [2.75, 3.05) is 0 Å². The maximum atomic E-state index is 5.78. The molecule has 0 unspecified atom stereocenters. The molecule has 0 heterocycles. The van der Waals surface area contributed by atoms with E-state index in [9.17, 15) is 0 Å². The zero-order chi connectivity index (χ0) is 8.97. The average molecular weight is 172 g/mol. The van der Waals surface area contributed by atoms with E-state index in [0.717, 1.165) is 25.7 Å². The molecule has 0 amide bonds. The summed E-state index contributed by atoms with van der Waals surface area (Å²) >= 11 is 0. The third kappa shape index (κ3) is 3.52. The first kappa shape index (κ1) is 9.96. The minimum atomic E-state index is 0.264. The Kier molecular flexibility index (Phi) is 3.98. The van der Waals surface area contributed by atoms with Crippen LogP contribution in [0.3, 0.4) is 0 Å². The van der Waals surface area contributed by atoms with Gasteiger partial charge in [0.05, 0.1) is 6.10 Å². The fourth-order valence-electron chi connectivity index (χ4n) is 1.47. The summed E-state index contributed by atoms with van der Waals surface area (Å²) in [6.45, 7) is 4.06. The molecule has 0 aromatic rings. The molecule has 3 heteroatoms. The second-order valence-electron chi connectivity index (χ2n) is 3.90. The van der Waals surface area contributed by atoms with E-state index in [-0.39, 0.29) is 6.10 Å². The van der Waals surface area contributed by atoms with Gasteiger partial charge in [-0.1, -0.05) is 0 Å². The van der Waals surface area contributed by atoms with Crippen LogP contribution in [0, 0.1) is 0 Å². The van der Waals surface area contributed by atoms with Crippen molar-refractivity contribution in [2.24, 2.45) is 5.73 Å². The molecule has 0 bridgehead atoms. The lowest BCUT2D eigenvalue weighted by Gasteiger charge is -2.27. The fraction of sp³-hybridized carbons (Fsp3) is 1.00. The second kappa shape index (κ2) is 4.80. The van der Waals surface area contributed by atoms with E-state index in [4.69, 9.17) is 10.6 Å². The number of nitrogens with two attached hydrogens (primary N) is 1. The van der Waals surface area contributed by atoms with Crippen LogP contribution < -0.4 is 11.2 Å². The Morgan fingerprint density at radius 2 is 1.83 bits per heavy atom. The summed E-state index contributed by atoms with van der Waals surface area (Å²) in [5, 5.41) is 0. The largest absolute Gasteiger partial charge is 0.328 e. The Bertz CT molecular complexity index is 120. The zero-order valence-corrected chi connectivity index (χ0v) is 8.05. The van der Waals surface area contributed by atoms with Crippen LogP contribution in [0.5, 0.6) is 0 Å². The Morgan fingerprint density at radius 3 is 2.33 bits per heavy atom. The van der Waals surface area contributed by atoms with Gasteiger partial charge in [-0.25, -0.2) is 0 Å². The van der Waals surface area contributed by atoms with Gasteiger partial charge < -0.3 is 5.73 Å². The van der Waals surface area contributed by atoms with Crippen molar-refractivity contribution in [3.63, 3.8) is 0 Å². The first-order valence-electron chi connectivity index (χ1n) is 4.85. The zero-order valence-electron chi connectivity index (χ0n) is 8.05. The molecule has 1 saturated carbocycles. The highest BCUT2D eigenvalue weighted by Crippen LogP contribution is 2.16. The Hall–Kier alpha value is -0.120. The van der Waals surface area contributed by atoms with Crippen molar-refractivity contribution in [1.29, 1.82) is 0 Å². The van der Waals surface area contributed by atoms with E-state index in [1.807, 2.05) is 13.8 Å². The third-order valence-corrected chi connectivity index (χ3v) is 2.24. The molecule has 0 atom stereocenters. The molecule has 0 radical (unpaired) electrons. The molecule has 1 aliphatic carbocycles. The fourth-order valence-corrected chi connectivity index (χ4v) is 1.47. The molecule has 0 spiro atoms. The Balaban J connectivity index is 2.09. The van der Waals surface area contributed by atoms with Crippen LogP contribution >= 0.6 is 0 Å². The monoisotopic (exact) mass is 172 g/mol. The molecule has 0 saturated heterocycles. The highest BCUT2D eigenvalue weighted by atomic mass is 16.7. The quantitative estimate of drug-likeness (QED) is 0.629. The lowest BCUT2D eigenvalue weighted by Crippen LogP contribution is -2.38. The van der Waals surface area contributed by atoms with Crippen LogP contribution in [0.15, 0.2) is 0 Å². The van der Waals surface area contributed by atoms with Crippen molar-refractivity contribution in [3.05, 3.63) is 0 Å². The molecule has 3 nitrogen and oxygen atoms in total. The molecule has 72 valence electrons. The molecular weight excluding hydrogens is 152 g/mol. The maximum absolute atomic E-state index is 5.78. The van der Waals surface area contributed by atoms with Crippen molar-refractivity contribution >= 4 is 0 Å². The molecule has 3 N–H and O–H groups in total. The van der Waals surface area contributed by atoms with Gasteiger partial charge in [-0.3, -0.25) is 4.84 Å². The molecule has 12 heavy (non-hydrogen) atoms. The minimum absolute atomic E-state index is 0.264. The van der Waals surface area contributed by atoms with E-state index in [0.29, 0.717) is 12.1 Å². The van der Waals surface area contributed by atoms with Crippen LogP contribution in [-0.4, -0.2) is 18.2 Å².